The molecule has 0 spiro atoms. The van der Waals surface area contributed by atoms with Crippen molar-refractivity contribution >= 4 is 0 Å². The lowest BCUT2D eigenvalue weighted by atomic mass is 9.80. The van der Waals surface area contributed by atoms with Crippen molar-refractivity contribution in [3.05, 3.63) is 34.6 Å². The Labute approximate surface area is 98.9 Å². The van der Waals surface area contributed by atoms with Crippen LogP contribution in [0.5, 0.6) is 0 Å². The highest BCUT2D eigenvalue weighted by molar-refractivity contribution is 5.40. The predicted molar refractivity (Wildman–Crippen MR) is 68.5 cm³/mol. The first-order valence-electron chi connectivity index (χ1n) is 6.22. The van der Waals surface area contributed by atoms with Gasteiger partial charge < -0.3 is 0 Å². The van der Waals surface area contributed by atoms with Gasteiger partial charge >= 0.3 is 0 Å². The third-order valence-corrected chi connectivity index (χ3v) is 3.04. The van der Waals surface area contributed by atoms with Crippen LogP contribution in [0.4, 0.5) is 4.39 Å². The molecule has 1 rings (SSSR count). The lowest BCUT2D eigenvalue weighted by Gasteiger charge is -2.25. The van der Waals surface area contributed by atoms with E-state index in [4.69, 9.17) is 0 Å². The number of rotatable bonds is 3. The second-order valence-corrected chi connectivity index (χ2v) is 5.41. The van der Waals surface area contributed by atoms with Crippen LogP contribution in [0.25, 0.3) is 0 Å². The molecule has 0 radical (unpaired) electrons. The second kappa shape index (κ2) is 4.99. The van der Waals surface area contributed by atoms with E-state index in [0.717, 1.165) is 24.8 Å². The normalized spacial score (nSPS) is 11.9. The van der Waals surface area contributed by atoms with E-state index in [2.05, 4.69) is 34.6 Å². The Hall–Kier alpha value is -0.850. The zero-order valence-electron chi connectivity index (χ0n) is 11.2. The van der Waals surface area contributed by atoms with Gasteiger partial charge in [0.2, 0.25) is 0 Å². The molecule has 1 heteroatoms. The van der Waals surface area contributed by atoms with E-state index in [-0.39, 0.29) is 11.2 Å². The van der Waals surface area contributed by atoms with E-state index >= 15 is 0 Å². The van der Waals surface area contributed by atoms with Crippen LogP contribution in [0.1, 0.15) is 57.7 Å². The van der Waals surface area contributed by atoms with Gasteiger partial charge in [-0.3, -0.25) is 0 Å². The Morgan fingerprint density at radius 1 is 1.06 bits per heavy atom. The molecule has 1 aromatic rings. The Kier molecular flexibility index (Phi) is 4.12. The summed E-state index contributed by atoms with van der Waals surface area (Å²) in [6.45, 7) is 10.8. The molecule has 0 unspecified atom stereocenters. The summed E-state index contributed by atoms with van der Waals surface area (Å²) in [5.41, 5.74) is 3.54. The minimum atomic E-state index is -0.0355. The molecule has 0 saturated heterocycles. The standard InChI is InChI=1S/C15H23F/c1-6-8-12-11(7-2)13(15(3,4)5)9-10-14(12)16/h9-10H,6-8H2,1-5H3. The van der Waals surface area contributed by atoms with Crippen LogP contribution < -0.4 is 0 Å². The zero-order chi connectivity index (χ0) is 12.3. The van der Waals surface area contributed by atoms with Crippen LogP contribution in [-0.2, 0) is 18.3 Å². The Morgan fingerprint density at radius 2 is 1.69 bits per heavy atom. The summed E-state index contributed by atoms with van der Waals surface area (Å²) >= 11 is 0. The molecule has 0 nitrogen and oxygen atoms in total. The van der Waals surface area contributed by atoms with Gasteiger partial charge in [0.05, 0.1) is 0 Å². The zero-order valence-corrected chi connectivity index (χ0v) is 11.2. The fourth-order valence-corrected chi connectivity index (χ4v) is 2.29. The first kappa shape index (κ1) is 13.2. The first-order chi connectivity index (χ1) is 7.41. The van der Waals surface area contributed by atoms with Crippen molar-refractivity contribution in [1.29, 1.82) is 0 Å². The molecule has 1 aromatic carbocycles. The van der Waals surface area contributed by atoms with Gasteiger partial charge in [-0.1, -0.05) is 47.1 Å². The average Bonchev–Trinajstić information content (AvgIpc) is 2.19. The van der Waals surface area contributed by atoms with Gasteiger partial charge in [-0.25, -0.2) is 4.39 Å². The van der Waals surface area contributed by atoms with E-state index in [9.17, 15) is 4.39 Å². The molecular formula is C15H23F. The predicted octanol–water partition coefficient (Wildman–Crippen LogP) is 4.64. The third-order valence-electron chi connectivity index (χ3n) is 3.04. The molecule has 0 amide bonds. The lowest BCUT2D eigenvalue weighted by molar-refractivity contribution is 0.565. The Bertz CT molecular complexity index is 358. The summed E-state index contributed by atoms with van der Waals surface area (Å²) in [4.78, 5) is 0. The fraction of sp³-hybridized carbons (Fsp3) is 0.600. The van der Waals surface area contributed by atoms with Crippen LogP contribution in [0, 0.1) is 5.82 Å². The fourth-order valence-electron chi connectivity index (χ4n) is 2.29. The highest BCUT2D eigenvalue weighted by Crippen LogP contribution is 2.30. The highest BCUT2D eigenvalue weighted by atomic mass is 19.1. The molecule has 0 saturated carbocycles. The van der Waals surface area contributed by atoms with Crippen molar-refractivity contribution < 1.29 is 4.39 Å². The maximum absolute atomic E-state index is 13.8. The van der Waals surface area contributed by atoms with Crippen LogP contribution in [0.15, 0.2) is 12.1 Å². The molecule has 0 bridgehead atoms. The molecule has 0 fully saturated rings. The smallest absolute Gasteiger partial charge is 0.126 e. The van der Waals surface area contributed by atoms with E-state index in [1.54, 1.807) is 6.07 Å². The maximum atomic E-state index is 13.8. The average molecular weight is 222 g/mol. The molecule has 0 heterocycles. The van der Waals surface area contributed by atoms with Crippen LogP contribution in [0.2, 0.25) is 0 Å². The molecule has 16 heavy (non-hydrogen) atoms. The van der Waals surface area contributed by atoms with Gasteiger partial charge in [-0.15, -0.1) is 0 Å². The molecule has 0 aromatic heterocycles. The molecule has 0 aliphatic heterocycles. The van der Waals surface area contributed by atoms with Crippen molar-refractivity contribution in [3.8, 4) is 0 Å². The topological polar surface area (TPSA) is 0 Å². The summed E-state index contributed by atoms with van der Waals surface area (Å²) in [5.74, 6) is -0.0355. The van der Waals surface area contributed by atoms with Crippen molar-refractivity contribution in [2.75, 3.05) is 0 Å². The summed E-state index contributed by atoms with van der Waals surface area (Å²) in [7, 11) is 0. The van der Waals surface area contributed by atoms with Gasteiger partial charge in [-0.05, 0) is 41.0 Å². The van der Waals surface area contributed by atoms with Crippen molar-refractivity contribution in [2.45, 2.75) is 59.3 Å². The Balaban J connectivity index is 3.37. The van der Waals surface area contributed by atoms with Crippen molar-refractivity contribution in [1.82, 2.24) is 0 Å². The number of halogens is 1. The number of hydrogen-bond donors (Lipinski definition) is 0. The number of hydrogen-bond acceptors (Lipinski definition) is 0. The summed E-state index contributed by atoms with van der Waals surface area (Å²) in [6, 6.07) is 3.58. The molecule has 90 valence electrons. The quantitative estimate of drug-likeness (QED) is 0.699. The third kappa shape index (κ3) is 2.63. The highest BCUT2D eigenvalue weighted by Gasteiger charge is 2.20. The van der Waals surface area contributed by atoms with Crippen LogP contribution in [0.3, 0.4) is 0 Å². The molecule has 0 N–H and O–H groups in total. The molecular weight excluding hydrogens is 199 g/mol. The van der Waals surface area contributed by atoms with Gasteiger partial charge in [0.25, 0.3) is 0 Å². The first-order valence-corrected chi connectivity index (χ1v) is 6.22. The minimum Gasteiger partial charge on any atom is -0.207 e. The summed E-state index contributed by atoms with van der Waals surface area (Å²) in [6.07, 6.45) is 2.76. The van der Waals surface area contributed by atoms with Gasteiger partial charge in [0.1, 0.15) is 5.82 Å². The largest absolute Gasteiger partial charge is 0.207 e. The summed E-state index contributed by atoms with van der Waals surface area (Å²) < 4.78 is 13.8. The molecule has 0 atom stereocenters. The van der Waals surface area contributed by atoms with Gasteiger partial charge in [0.15, 0.2) is 0 Å². The van der Waals surface area contributed by atoms with Crippen LogP contribution in [-0.4, -0.2) is 0 Å². The second-order valence-electron chi connectivity index (χ2n) is 5.41. The van der Waals surface area contributed by atoms with Crippen molar-refractivity contribution in [3.63, 3.8) is 0 Å². The van der Waals surface area contributed by atoms with E-state index in [1.165, 1.54) is 11.1 Å². The molecule has 0 aliphatic carbocycles. The molecule has 0 aliphatic rings. The van der Waals surface area contributed by atoms with Crippen molar-refractivity contribution in [2.24, 2.45) is 0 Å². The minimum absolute atomic E-state index is 0.0355. The Morgan fingerprint density at radius 3 is 2.12 bits per heavy atom. The number of benzene rings is 1. The van der Waals surface area contributed by atoms with Gasteiger partial charge in [0, 0.05) is 0 Å². The summed E-state index contributed by atoms with van der Waals surface area (Å²) in [5, 5.41) is 0. The van der Waals surface area contributed by atoms with Gasteiger partial charge in [-0.2, -0.15) is 0 Å². The SMILES string of the molecule is CCCc1c(F)ccc(C(C)(C)C)c1CC. The monoisotopic (exact) mass is 222 g/mol. The van der Waals surface area contributed by atoms with E-state index in [0.29, 0.717) is 0 Å². The van der Waals surface area contributed by atoms with E-state index < -0.39 is 0 Å². The van der Waals surface area contributed by atoms with E-state index in [1.807, 2.05) is 6.07 Å². The lowest BCUT2D eigenvalue weighted by Crippen LogP contribution is -2.16. The van der Waals surface area contributed by atoms with Crippen LogP contribution >= 0.6 is 0 Å². The maximum Gasteiger partial charge on any atom is 0.126 e.